The number of ketones is 1. The number of nitrogen functional groups attached to an aromatic ring is 1. The van der Waals surface area contributed by atoms with Crippen LogP contribution in [0.5, 0.6) is 11.5 Å². The predicted octanol–water partition coefficient (Wildman–Crippen LogP) is 3.10. The molecule has 174 valence electrons. The van der Waals surface area contributed by atoms with E-state index in [9.17, 15) is 18.0 Å². The van der Waals surface area contributed by atoms with Crippen LogP contribution in [0.25, 0.3) is 0 Å². The molecule has 1 heterocycles. The maximum atomic E-state index is 13.3. The molecule has 0 bridgehead atoms. The molecule has 1 aliphatic heterocycles. The number of benzene rings is 2. The highest BCUT2D eigenvalue weighted by Gasteiger charge is 2.38. The van der Waals surface area contributed by atoms with Crippen molar-refractivity contribution >= 4 is 51.4 Å². The van der Waals surface area contributed by atoms with E-state index in [2.05, 4.69) is 0 Å². The number of hydrogen-bond acceptors (Lipinski definition) is 7. The molecular weight excluding hydrogens is 479 g/mol. The van der Waals surface area contributed by atoms with Crippen molar-refractivity contribution in [1.29, 1.82) is 0 Å². The molecule has 1 unspecified atom stereocenters. The van der Waals surface area contributed by atoms with Gasteiger partial charge in [0.05, 0.1) is 31.3 Å². The summed E-state index contributed by atoms with van der Waals surface area (Å²) in [6.07, 6.45) is 0.507. The minimum atomic E-state index is -4.29. The average molecular weight is 503 g/mol. The minimum Gasteiger partial charge on any atom is -0.496 e. The number of carbonyl (C=O) groups excluding carboxylic acids is 2. The molecule has 1 atom stereocenters. The van der Waals surface area contributed by atoms with E-state index < -0.39 is 28.4 Å². The lowest BCUT2D eigenvalue weighted by Crippen LogP contribution is -2.42. The Morgan fingerprint density at radius 3 is 2.38 bits per heavy atom. The molecule has 0 aromatic heterocycles. The first kappa shape index (κ1) is 25.8. The summed E-state index contributed by atoms with van der Waals surface area (Å²) in [6.45, 7) is -0.518. The van der Waals surface area contributed by atoms with Gasteiger partial charge in [-0.05, 0) is 54.8 Å². The van der Waals surface area contributed by atoms with Crippen LogP contribution < -0.4 is 15.2 Å². The number of nitrogens with zero attached hydrogens (tertiary/aromatic N) is 1. The number of carbonyl (C=O) groups is 2. The molecule has 2 aromatic rings. The van der Waals surface area contributed by atoms with Gasteiger partial charge in [-0.3, -0.25) is 9.59 Å². The zero-order chi connectivity index (χ0) is 22.8. The highest BCUT2D eigenvalue weighted by atomic mass is 35.5. The van der Waals surface area contributed by atoms with Gasteiger partial charge in [0.15, 0.2) is 5.78 Å². The highest BCUT2D eigenvalue weighted by Crippen LogP contribution is 2.32. The largest absolute Gasteiger partial charge is 0.496 e. The summed E-state index contributed by atoms with van der Waals surface area (Å²) in [6, 6.07) is 8.92. The Hall–Kier alpha value is -2.49. The summed E-state index contributed by atoms with van der Waals surface area (Å²) in [5, 5.41) is 0.464. The first-order valence-electron chi connectivity index (χ1n) is 9.51. The number of amides is 1. The number of nitrogens with two attached hydrogens (primary N) is 1. The zero-order valence-electron chi connectivity index (χ0n) is 17.5. The quantitative estimate of drug-likeness (QED) is 0.603. The van der Waals surface area contributed by atoms with Crippen molar-refractivity contribution < 1.29 is 27.5 Å². The summed E-state index contributed by atoms with van der Waals surface area (Å²) in [7, 11) is -1.39. The number of ether oxygens (including phenoxy) is 2. The lowest BCUT2D eigenvalue weighted by atomic mass is 9.93. The van der Waals surface area contributed by atoms with E-state index in [1.165, 1.54) is 32.4 Å². The SMILES string of the molecule is COc1ccc(S(=O)(=O)N2CC(=O)CCC(Cc3cc(Cl)ccc3OC)C2=O)cc1N.Cl. The Morgan fingerprint density at radius 1 is 1.09 bits per heavy atom. The molecule has 1 fully saturated rings. The van der Waals surface area contributed by atoms with Crippen molar-refractivity contribution in [1.82, 2.24) is 4.31 Å². The molecule has 1 amide bonds. The number of sulfonamides is 1. The van der Waals surface area contributed by atoms with Gasteiger partial charge in [-0.25, -0.2) is 12.7 Å². The Labute approximate surface area is 198 Å². The smallest absolute Gasteiger partial charge is 0.266 e. The van der Waals surface area contributed by atoms with Crippen molar-refractivity contribution in [3.8, 4) is 11.5 Å². The first-order chi connectivity index (χ1) is 14.7. The molecule has 1 aliphatic rings. The second-order valence-electron chi connectivity index (χ2n) is 7.19. The third-order valence-electron chi connectivity index (χ3n) is 5.18. The minimum absolute atomic E-state index is 0. The molecule has 32 heavy (non-hydrogen) atoms. The fourth-order valence-corrected chi connectivity index (χ4v) is 5.21. The molecule has 0 saturated carbocycles. The van der Waals surface area contributed by atoms with Gasteiger partial charge in [0.1, 0.15) is 11.5 Å². The average Bonchev–Trinajstić information content (AvgIpc) is 2.87. The van der Waals surface area contributed by atoms with E-state index in [0.717, 1.165) is 0 Å². The second-order valence-corrected chi connectivity index (χ2v) is 9.49. The van der Waals surface area contributed by atoms with E-state index in [4.69, 9.17) is 26.8 Å². The van der Waals surface area contributed by atoms with E-state index in [0.29, 0.717) is 26.4 Å². The van der Waals surface area contributed by atoms with Gasteiger partial charge < -0.3 is 15.2 Å². The fourth-order valence-electron chi connectivity index (χ4n) is 3.54. The Morgan fingerprint density at radius 2 is 1.75 bits per heavy atom. The molecule has 3 rings (SSSR count). The van der Waals surface area contributed by atoms with Crippen LogP contribution in [0.15, 0.2) is 41.3 Å². The number of hydrogen-bond donors (Lipinski definition) is 1. The fraction of sp³-hybridized carbons (Fsp3) is 0.333. The van der Waals surface area contributed by atoms with Crippen LogP contribution in [0.1, 0.15) is 18.4 Å². The van der Waals surface area contributed by atoms with Crippen LogP contribution in [-0.2, 0) is 26.0 Å². The molecule has 0 radical (unpaired) electrons. The van der Waals surface area contributed by atoms with Crippen molar-refractivity contribution in [3.05, 3.63) is 47.0 Å². The summed E-state index contributed by atoms with van der Waals surface area (Å²) in [5.41, 5.74) is 6.61. The maximum Gasteiger partial charge on any atom is 0.266 e. The van der Waals surface area contributed by atoms with Crippen LogP contribution >= 0.6 is 24.0 Å². The van der Waals surface area contributed by atoms with E-state index >= 15 is 0 Å². The summed E-state index contributed by atoms with van der Waals surface area (Å²) in [4.78, 5) is 25.4. The zero-order valence-corrected chi connectivity index (χ0v) is 19.9. The molecule has 11 heteroatoms. The Bertz CT molecular complexity index is 1120. The number of halogens is 2. The van der Waals surface area contributed by atoms with Gasteiger partial charge in [0.2, 0.25) is 5.91 Å². The Balaban J connectivity index is 0.00000363. The van der Waals surface area contributed by atoms with Gasteiger partial charge in [0.25, 0.3) is 10.0 Å². The molecule has 1 saturated heterocycles. The van der Waals surface area contributed by atoms with E-state index in [-0.39, 0.29) is 48.0 Å². The van der Waals surface area contributed by atoms with Gasteiger partial charge in [-0.15, -0.1) is 12.4 Å². The number of rotatable bonds is 6. The van der Waals surface area contributed by atoms with E-state index in [1.54, 1.807) is 18.2 Å². The third-order valence-corrected chi connectivity index (χ3v) is 7.16. The number of anilines is 1. The topological polar surface area (TPSA) is 116 Å². The molecule has 2 aromatic carbocycles. The molecular formula is C21H24Cl2N2O6S. The first-order valence-corrected chi connectivity index (χ1v) is 11.3. The van der Waals surface area contributed by atoms with Crippen LogP contribution in [-0.4, -0.2) is 45.2 Å². The highest BCUT2D eigenvalue weighted by molar-refractivity contribution is 7.89. The van der Waals surface area contributed by atoms with Crippen molar-refractivity contribution in [3.63, 3.8) is 0 Å². The van der Waals surface area contributed by atoms with Crippen LogP contribution in [0, 0.1) is 5.92 Å². The van der Waals surface area contributed by atoms with Gasteiger partial charge in [0, 0.05) is 17.4 Å². The number of Topliss-reactive ketones (excluding diaryl/α,β-unsaturated/α-hetero) is 1. The number of methoxy groups -OCH3 is 2. The standard InChI is InChI=1S/C21H23ClN2O6S.ClH/c1-29-19-7-4-15(22)10-14(19)9-13-3-5-16(25)12-24(21(13)26)31(27,28)17-6-8-20(30-2)18(23)11-17;/h4,6-8,10-11,13H,3,5,9,12,23H2,1-2H3;1H. The van der Waals surface area contributed by atoms with Crippen LogP contribution in [0.3, 0.4) is 0 Å². The lowest BCUT2D eigenvalue weighted by molar-refractivity contribution is -0.131. The van der Waals surface area contributed by atoms with Crippen molar-refractivity contribution in [2.45, 2.75) is 24.2 Å². The Kier molecular flexibility index (Phi) is 8.39. The lowest BCUT2D eigenvalue weighted by Gasteiger charge is -2.24. The van der Waals surface area contributed by atoms with Crippen LogP contribution in [0.4, 0.5) is 5.69 Å². The van der Waals surface area contributed by atoms with E-state index in [1.807, 2.05) is 0 Å². The second kappa shape index (κ2) is 10.4. The van der Waals surface area contributed by atoms with Gasteiger partial charge in [-0.1, -0.05) is 11.6 Å². The molecule has 2 N–H and O–H groups in total. The summed E-state index contributed by atoms with van der Waals surface area (Å²) >= 11 is 6.08. The van der Waals surface area contributed by atoms with Gasteiger partial charge >= 0.3 is 0 Å². The molecule has 0 aliphatic carbocycles. The molecule has 0 spiro atoms. The summed E-state index contributed by atoms with van der Waals surface area (Å²) in [5.74, 6) is -0.876. The third kappa shape index (κ3) is 5.28. The van der Waals surface area contributed by atoms with Crippen molar-refractivity contribution in [2.75, 3.05) is 26.5 Å². The summed E-state index contributed by atoms with van der Waals surface area (Å²) < 4.78 is 37.5. The predicted molar refractivity (Wildman–Crippen MR) is 123 cm³/mol. The normalized spacial score (nSPS) is 16.8. The van der Waals surface area contributed by atoms with Crippen LogP contribution in [0.2, 0.25) is 5.02 Å². The van der Waals surface area contributed by atoms with Gasteiger partial charge in [-0.2, -0.15) is 0 Å². The molecule has 8 nitrogen and oxygen atoms in total. The maximum absolute atomic E-state index is 13.3. The van der Waals surface area contributed by atoms with Crippen molar-refractivity contribution in [2.24, 2.45) is 5.92 Å². The monoisotopic (exact) mass is 502 g/mol.